The van der Waals surface area contributed by atoms with Crippen LogP contribution in [0.3, 0.4) is 0 Å². The van der Waals surface area contributed by atoms with E-state index < -0.39 is 0 Å². The molecular formula is C29H40N2O4S2. The van der Waals surface area contributed by atoms with Crippen molar-refractivity contribution in [1.82, 2.24) is 0 Å². The van der Waals surface area contributed by atoms with Crippen LogP contribution in [0.15, 0.2) is 29.2 Å². The first-order valence-corrected chi connectivity index (χ1v) is 15.0. The molecule has 0 aliphatic heterocycles. The van der Waals surface area contributed by atoms with Crippen LogP contribution in [0.5, 0.6) is 0 Å². The SMILES string of the molecule is CCCC(=O)Nc1cccc(SC(CC)C(=O)Nc2sc3c(c2C(=O)OCC)CCC(C(C)(C)C)C3)c1. The highest BCUT2D eigenvalue weighted by atomic mass is 32.2. The Hall–Kier alpha value is -2.32. The van der Waals surface area contributed by atoms with Crippen LogP contribution in [0.1, 0.15) is 88.0 Å². The number of amides is 2. The van der Waals surface area contributed by atoms with Crippen LogP contribution in [0.2, 0.25) is 0 Å². The van der Waals surface area contributed by atoms with Crippen LogP contribution in [-0.2, 0) is 27.2 Å². The average molecular weight is 545 g/mol. The molecule has 2 aromatic rings. The summed E-state index contributed by atoms with van der Waals surface area (Å²) in [6.45, 7) is 12.8. The fraction of sp³-hybridized carbons (Fsp3) is 0.552. The highest BCUT2D eigenvalue weighted by Crippen LogP contribution is 2.44. The maximum atomic E-state index is 13.4. The lowest BCUT2D eigenvalue weighted by molar-refractivity contribution is -0.116. The Morgan fingerprint density at radius 1 is 1.16 bits per heavy atom. The van der Waals surface area contributed by atoms with E-state index in [0.29, 0.717) is 35.9 Å². The Bertz CT molecular complexity index is 1120. The molecule has 1 aromatic heterocycles. The van der Waals surface area contributed by atoms with Gasteiger partial charge in [-0.25, -0.2) is 4.79 Å². The van der Waals surface area contributed by atoms with Gasteiger partial charge in [-0.2, -0.15) is 0 Å². The molecule has 2 unspecified atom stereocenters. The normalized spacial score (nSPS) is 16.0. The number of thioether (sulfide) groups is 1. The molecule has 1 aliphatic rings. The molecule has 3 rings (SSSR count). The third kappa shape index (κ3) is 7.60. The summed E-state index contributed by atoms with van der Waals surface area (Å²) < 4.78 is 5.39. The van der Waals surface area contributed by atoms with E-state index in [1.54, 1.807) is 6.92 Å². The van der Waals surface area contributed by atoms with Gasteiger partial charge in [0, 0.05) is 21.9 Å². The molecule has 1 aliphatic carbocycles. The summed E-state index contributed by atoms with van der Waals surface area (Å²) in [5.74, 6) is 0.0164. The standard InChI is InChI=1S/C29H40N2O4S2/c1-7-11-24(32)30-19-12-10-13-20(17-19)36-22(8-2)26(33)31-27-25(28(34)35-9-3)21-15-14-18(29(4,5)6)16-23(21)37-27/h10,12-13,17-18,22H,7-9,11,14-16H2,1-6H3,(H,30,32)(H,31,33). The lowest BCUT2D eigenvalue weighted by Gasteiger charge is -2.33. The Morgan fingerprint density at radius 2 is 1.92 bits per heavy atom. The number of anilines is 2. The van der Waals surface area contributed by atoms with Gasteiger partial charge in [0.15, 0.2) is 0 Å². The van der Waals surface area contributed by atoms with Crippen molar-refractivity contribution < 1.29 is 19.1 Å². The summed E-state index contributed by atoms with van der Waals surface area (Å²) in [7, 11) is 0. The molecule has 0 saturated heterocycles. The van der Waals surface area contributed by atoms with Crippen LogP contribution in [0.4, 0.5) is 10.7 Å². The molecule has 0 bridgehead atoms. The largest absolute Gasteiger partial charge is 0.462 e. The molecule has 202 valence electrons. The third-order valence-corrected chi connectivity index (χ3v) is 9.27. The van der Waals surface area contributed by atoms with Crippen molar-refractivity contribution in [1.29, 1.82) is 0 Å². The van der Waals surface area contributed by atoms with Gasteiger partial charge < -0.3 is 15.4 Å². The van der Waals surface area contributed by atoms with E-state index in [0.717, 1.165) is 41.8 Å². The molecule has 0 radical (unpaired) electrons. The molecule has 1 heterocycles. The second kappa shape index (κ2) is 13.0. The number of carbonyl (C=O) groups excluding carboxylic acids is 3. The van der Waals surface area contributed by atoms with E-state index in [9.17, 15) is 14.4 Å². The first-order chi connectivity index (χ1) is 17.6. The van der Waals surface area contributed by atoms with Gasteiger partial charge in [-0.1, -0.05) is 40.7 Å². The van der Waals surface area contributed by atoms with E-state index in [1.807, 2.05) is 38.1 Å². The van der Waals surface area contributed by atoms with Crippen molar-refractivity contribution >= 4 is 51.6 Å². The van der Waals surface area contributed by atoms with Gasteiger partial charge in [0.2, 0.25) is 11.8 Å². The van der Waals surface area contributed by atoms with Crippen LogP contribution >= 0.6 is 23.1 Å². The predicted molar refractivity (Wildman–Crippen MR) is 154 cm³/mol. The molecule has 37 heavy (non-hydrogen) atoms. The number of hydrogen-bond donors (Lipinski definition) is 2. The summed E-state index contributed by atoms with van der Waals surface area (Å²) >= 11 is 2.98. The summed E-state index contributed by atoms with van der Waals surface area (Å²) in [6, 6.07) is 7.57. The zero-order chi connectivity index (χ0) is 27.2. The van der Waals surface area contributed by atoms with E-state index >= 15 is 0 Å². The quantitative estimate of drug-likeness (QED) is 0.242. The number of esters is 1. The fourth-order valence-electron chi connectivity index (χ4n) is 4.61. The molecule has 0 fully saturated rings. The highest BCUT2D eigenvalue weighted by molar-refractivity contribution is 8.00. The monoisotopic (exact) mass is 544 g/mol. The number of fused-ring (bicyclic) bond motifs is 1. The minimum atomic E-state index is -0.360. The van der Waals surface area contributed by atoms with E-state index in [2.05, 4.69) is 31.4 Å². The minimum absolute atomic E-state index is 0.0173. The van der Waals surface area contributed by atoms with Crippen LogP contribution in [-0.4, -0.2) is 29.6 Å². The molecule has 8 heteroatoms. The van der Waals surface area contributed by atoms with Crippen molar-refractivity contribution in [3.63, 3.8) is 0 Å². The number of nitrogens with one attached hydrogen (secondary N) is 2. The third-order valence-electron chi connectivity index (χ3n) is 6.74. The molecular weight excluding hydrogens is 504 g/mol. The Kier molecular flexibility index (Phi) is 10.2. The number of carbonyl (C=O) groups is 3. The number of ether oxygens (including phenoxy) is 1. The van der Waals surface area contributed by atoms with Crippen molar-refractivity contribution in [2.45, 2.75) is 90.2 Å². The van der Waals surface area contributed by atoms with Crippen LogP contribution < -0.4 is 10.6 Å². The zero-order valence-corrected chi connectivity index (χ0v) is 24.5. The highest BCUT2D eigenvalue weighted by Gasteiger charge is 2.35. The summed E-state index contributed by atoms with van der Waals surface area (Å²) in [5.41, 5.74) is 2.48. The fourth-order valence-corrected chi connectivity index (χ4v) is 6.94. The van der Waals surface area contributed by atoms with Crippen molar-refractivity contribution in [3.05, 3.63) is 40.3 Å². The summed E-state index contributed by atoms with van der Waals surface area (Å²) in [5, 5.41) is 6.25. The number of thiophene rings is 1. The van der Waals surface area contributed by atoms with Gasteiger partial charge in [-0.05, 0) is 74.1 Å². The zero-order valence-electron chi connectivity index (χ0n) is 22.9. The number of rotatable bonds is 10. The molecule has 0 spiro atoms. The lowest BCUT2D eigenvalue weighted by atomic mass is 9.72. The predicted octanol–water partition coefficient (Wildman–Crippen LogP) is 7.32. The molecule has 2 atom stereocenters. The second-order valence-corrected chi connectivity index (χ2v) is 12.9. The maximum absolute atomic E-state index is 13.4. The van der Waals surface area contributed by atoms with Gasteiger partial charge in [0.25, 0.3) is 0 Å². The van der Waals surface area contributed by atoms with Gasteiger partial charge in [-0.3, -0.25) is 9.59 Å². The van der Waals surface area contributed by atoms with Gasteiger partial charge in [-0.15, -0.1) is 23.1 Å². The lowest BCUT2D eigenvalue weighted by Crippen LogP contribution is -2.27. The Morgan fingerprint density at radius 3 is 2.57 bits per heavy atom. The number of hydrogen-bond acceptors (Lipinski definition) is 6. The smallest absolute Gasteiger partial charge is 0.341 e. The first kappa shape index (κ1) is 29.2. The molecule has 1 aromatic carbocycles. The summed E-state index contributed by atoms with van der Waals surface area (Å²) in [6.07, 6.45) is 4.63. The molecule has 2 amide bonds. The van der Waals surface area contributed by atoms with Crippen molar-refractivity contribution in [3.8, 4) is 0 Å². The van der Waals surface area contributed by atoms with Crippen LogP contribution in [0, 0.1) is 11.3 Å². The minimum Gasteiger partial charge on any atom is -0.462 e. The van der Waals surface area contributed by atoms with Crippen LogP contribution in [0.25, 0.3) is 0 Å². The average Bonchev–Trinajstić information content (AvgIpc) is 3.19. The van der Waals surface area contributed by atoms with E-state index in [-0.39, 0.29) is 28.4 Å². The van der Waals surface area contributed by atoms with Gasteiger partial charge in [0.05, 0.1) is 17.4 Å². The molecule has 0 saturated carbocycles. The van der Waals surface area contributed by atoms with Gasteiger partial charge >= 0.3 is 5.97 Å². The first-order valence-electron chi connectivity index (χ1n) is 13.3. The Labute approximate surface area is 229 Å². The van der Waals surface area contributed by atoms with Gasteiger partial charge in [0.1, 0.15) is 5.00 Å². The van der Waals surface area contributed by atoms with Crippen molar-refractivity contribution in [2.75, 3.05) is 17.2 Å². The number of benzene rings is 1. The topological polar surface area (TPSA) is 84.5 Å². The van der Waals surface area contributed by atoms with Crippen molar-refractivity contribution in [2.24, 2.45) is 11.3 Å². The van der Waals surface area contributed by atoms with E-state index in [4.69, 9.17) is 4.74 Å². The van der Waals surface area contributed by atoms with E-state index in [1.165, 1.54) is 28.0 Å². The molecule has 6 nitrogen and oxygen atoms in total. The Balaban J connectivity index is 1.80. The summed E-state index contributed by atoms with van der Waals surface area (Å²) in [4.78, 5) is 40.4. The molecule has 2 N–H and O–H groups in total. The maximum Gasteiger partial charge on any atom is 0.341 e. The second-order valence-electron chi connectivity index (χ2n) is 10.6.